The van der Waals surface area contributed by atoms with Crippen molar-refractivity contribution in [2.75, 3.05) is 6.54 Å². The highest BCUT2D eigenvalue weighted by atomic mass is 32.2. The molecule has 1 aromatic carbocycles. The Morgan fingerprint density at radius 3 is 2.68 bits per heavy atom. The smallest absolute Gasteiger partial charge is 0.0507 e. The van der Waals surface area contributed by atoms with Gasteiger partial charge in [-0.15, -0.1) is 0 Å². The molecular weight excluding hydrogens is 254 g/mol. The maximum absolute atomic E-state index is 12.7. The van der Waals surface area contributed by atoms with Gasteiger partial charge in [-0.2, -0.15) is 0 Å². The lowest BCUT2D eigenvalue weighted by Gasteiger charge is -2.34. The third kappa shape index (κ3) is 4.15. The molecule has 0 spiro atoms. The first kappa shape index (κ1) is 14.7. The molecule has 0 aromatic heterocycles. The van der Waals surface area contributed by atoms with E-state index in [2.05, 4.69) is 31.3 Å². The molecule has 1 aliphatic rings. The van der Waals surface area contributed by atoms with Crippen molar-refractivity contribution in [2.45, 2.75) is 50.2 Å². The predicted octanol–water partition coefficient (Wildman–Crippen LogP) is 3.10. The fraction of sp³-hybridized carbons (Fsp3) is 0.625. The summed E-state index contributed by atoms with van der Waals surface area (Å²) in [5, 5.41) is 3.84. The first-order chi connectivity index (χ1) is 9.20. The molecule has 0 heterocycles. The second-order valence-electron chi connectivity index (χ2n) is 5.63. The van der Waals surface area contributed by atoms with Gasteiger partial charge in [0.1, 0.15) is 0 Å². The Bertz CT molecular complexity index is 406. The minimum atomic E-state index is -0.772. The highest BCUT2D eigenvalue weighted by Gasteiger charge is 2.32. The summed E-state index contributed by atoms with van der Waals surface area (Å²) in [5.74, 6) is 1.40. The summed E-state index contributed by atoms with van der Waals surface area (Å²) in [6.07, 6.45) is 3.52. The van der Waals surface area contributed by atoms with Gasteiger partial charge in [0, 0.05) is 22.6 Å². The first-order valence-corrected chi connectivity index (χ1v) is 8.73. The Labute approximate surface area is 119 Å². The summed E-state index contributed by atoms with van der Waals surface area (Å²) < 4.78 is 12.7. The van der Waals surface area contributed by atoms with Crippen molar-refractivity contribution in [3.05, 3.63) is 35.9 Å². The zero-order valence-electron chi connectivity index (χ0n) is 12.0. The molecule has 19 heavy (non-hydrogen) atoms. The van der Waals surface area contributed by atoms with E-state index >= 15 is 0 Å². The molecule has 106 valence electrons. The molecular formula is C16H25NOS. The normalized spacial score (nSPS) is 29.1. The van der Waals surface area contributed by atoms with E-state index in [-0.39, 0.29) is 0 Å². The Morgan fingerprint density at radius 2 is 2.00 bits per heavy atom. The number of rotatable bonds is 5. The topological polar surface area (TPSA) is 29.1 Å². The molecule has 0 bridgehead atoms. The van der Waals surface area contributed by atoms with E-state index in [1.54, 1.807) is 0 Å². The maximum atomic E-state index is 12.7. The zero-order valence-corrected chi connectivity index (χ0v) is 12.8. The lowest BCUT2D eigenvalue weighted by molar-refractivity contribution is 0.316. The van der Waals surface area contributed by atoms with Crippen molar-refractivity contribution >= 4 is 10.8 Å². The van der Waals surface area contributed by atoms with Gasteiger partial charge in [-0.25, -0.2) is 0 Å². The van der Waals surface area contributed by atoms with Crippen LogP contribution in [0.5, 0.6) is 0 Å². The molecule has 1 aliphatic carbocycles. The van der Waals surface area contributed by atoms with Crippen LogP contribution in [-0.4, -0.2) is 22.0 Å². The highest BCUT2D eigenvalue weighted by Crippen LogP contribution is 2.28. The van der Waals surface area contributed by atoms with Crippen LogP contribution < -0.4 is 5.32 Å². The number of hydrogen-bond donors (Lipinski definition) is 1. The third-order valence-corrected chi connectivity index (χ3v) is 5.82. The second-order valence-corrected chi connectivity index (χ2v) is 7.29. The molecule has 1 saturated carbocycles. The van der Waals surface area contributed by atoms with Crippen LogP contribution in [0.1, 0.15) is 38.7 Å². The molecule has 4 unspecified atom stereocenters. The summed E-state index contributed by atoms with van der Waals surface area (Å²) in [6, 6.07) is 10.6. The standard InChI is InChI=1S/C16H25NOS/c1-3-17-15-10-9-13(2)11-16(15)19(18)12-14-7-5-4-6-8-14/h4-8,13,15-17H,3,9-12H2,1-2H3. The van der Waals surface area contributed by atoms with Gasteiger partial charge >= 0.3 is 0 Å². The number of nitrogens with one attached hydrogen (secondary N) is 1. The van der Waals surface area contributed by atoms with Gasteiger partial charge in [-0.3, -0.25) is 4.21 Å². The molecule has 2 rings (SSSR count). The van der Waals surface area contributed by atoms with Crippen molar-refractivity contribution in [3.63, 3.8) is 0 Å². The number of hydrogen-bond acceptors (Lipinski definition) is 2. The van der Waals surface area contributed by atoms with Crippen LogP contribution in [0.15, 0.2) is 30.3 Å². The van der Waals surface area contributed by atoms with Crippen molar-refractivity contribution in [2.24, 2.45) is 5.92 Å². The summed E-state index contributed by atoms with van der Waals surface area (Å²) in [4.78, 5) is 0. The van der Waals surface area contributed by atoms with Crippen LogP contribution >= 0.6 is 0 Å². The van der Waals surface area contributed by atoms with Crippen LogP contribution in [0.25, 0.3) is 0 Å². The van der Waals surface area contributed by atoms with E-state index in [4.69, 9.17) is 0 Å². The Hall–Kier alpha value is -0.670. The van der Waals surface area contributed by atoms with E-state index in [1.165, 1.54) is 18.4 Å². The predicted molar refractivity (Wildman–Crippen MR) is 82.6 cm³/mol. The molecule has 1 aromatic rings. The van der Waals surface area contributed by atoms with Gasteiger partial charge in [-0.05, 0) is 37.3 Å². The van der Waals surface area contributed by atoms with Gasteiger partial charge in [-0.1, -0.05) is 44.2 Å². The lowest BCUT2D eigenvalue weighted by Crippen LogP contribution is -2.46. The van der Waals surface area contributed by atoms with Gasteiger partial charge < -0.3 is 5.32 Å². The molecule has 0 amide bonds. The van der Waals surface area contributed by atoms with E-state index in [9.17, 15) is 4.21 Å². The molecule has 1 fully saturated rings. The minimum Gasteiger partial charge on any atom is -0.313 e. The summed E-state index contributed by atoms with van der Waals surface area (Å²) in [5.41, 5.74) is 1.19. The molecule has 0 radical (unpaired) electrons. The summed E-state index contributed by atoms with van der Waals surface area (Å²) >= 11 is 0. The zero-order chi connectivity index (χ0) is 13.7. The highest BCUT2D eigenvalue weighted by molar-refractivity contribution is 7.84. The monoisotopic (exact) mass is 279 g/mol. The molecule has 2 nitrogen and oxygen atoms in total. The SMILES string of the molecule is CCNC1CCC(C)CC1S(=O)Cc1ccccc1. The minimum absolute atomic E-state index is 0.309. The van der Waals surface area contributed by atoms with Gasteiger partial charge in [0.25, 0.3) is 0 Å². The largest absolute Gasteiger partial charge is 0.313 e. The first-order valence-electron chi connectivity index (χ1n) is 7.35. The average Bonchev–Trinajstić information content (AvgIpc) is 2.42. The van der Waals surface area contributed by atoms with Crippen LogP contribution in [0.2, 0.25) is 0 Å². The molecule has 0 saturated heterocycles. The second kappa shape index (κ2) is 7.20. The molecule has 0 aliphatic heterocycles. The Kier molecular flexibility index (Phi) is 5.59. The summed E-state index contributed by atoms with van der Waals surface area (Å²) in [7, 11) is -0.772. The molecule has 3 heteroatoms. The van der Waals surface area contributed by atoms with Gasteiger partial charge in [0.15, 0.2) is 0 Å². The van der Waals surface area contributed by atoms with Crippen molar-refractivity contribution in [3.8, 4) is 0 Å². The van der Waals surface area contributed by atoms with Crippen molar-refractivity contribution in [1.29, 1.82) is 0 Å². The summed E-state index contributed by atoms with van der Waals surface area (Å²) in [6.45, 7) is 5.39. The molecule has 1 N–H and O–H groups in total. The Balaban J connectivity index is 2.02. The van der Waals surface area contributed by atoms with Crippen molar-refractivity contribution < 1.29 is 4.21 Å². The van der Waals surface area contributed by atoms with E-state index in [0.29, 0.717) is 23.0 Å². The van der Waals surface area contributed by atoms with Crippen LogP contribution in [0.3, 0.4) is 0 Å². The van der Waals surface area contributed by atoms with Crippen molar-refractivity contribution in [1.82, 2.24) is 5.32 Å². The van der Waals surface area contributed by atoms with Gasteiger partial charge in [0.2, 0.25) is 0 Å². The quantitative estimate of drug-likeness (QED) is 0.897. The fourth-order valence-corrected chi connectivity index (χ4v) is 4.84. The third-order valence-electron chi connectivity index (χ3n) is 4.01. The van der Waals surface area contributed by atoms with Crippen LogP contribution in [0.4, 0.5) is 0 Å². The van der Waals surface area contributed by atoms with Crippen LogP contribution in [-0.2, 0) is 16.6 Å². The number of benzene rings is 1. The van der Waals surface area contributed by atoms with Crippen LogP contribution in [0, 0.1) is 5.92 Å². The fourth-order valence-electron chi connectivity index (χ4n) is 2.96. The van der Waals surface area contributed by atoms with E-state index < -0.39 is 10.8 Å². The van der Waals surface area contributed by atoms with Gasteiger partial charge in [0.05, 0.1) is 5.25 Å². The maximum Gasteiger partial charge on any atom is 0.0507 e. The lowest BCUT2D eigenvalue weighted by atomic mass is 9.87. The van der Waals surface area contributed by atoms with E-state index in [0.717, 1.165) is 13.0 Å². The van der Waals surface area contributed by atoms with E-state index in [1.807, 2.05) is 18.2 Å². The average molecular weight is 279 g/mol. The Morgan fingerprint density at radius 1 is 1.26 bits per heavy atom. The molecule has 4 atom stereocenters.